The fourth-order valence-corrected chi connectivity index (χ4v) is 2.29. The van der Waals surface area contributed by atoms with Crippen LogP contribution in [0.15, 0.2) is 48.9 Å². The molecule has 0 unspecified atom stereocenters. The Morgan fingerprint density at radius 2 is 2.04 bits per heavy atom. The van der Waals surface area contributed by atoms with Crippen LogP contribution in [0.5, 0.6) is 0 Å². The van der Waals surface area contributed by atoms with E-state index in [2.05, 4.69) is 20.3 Å². The Labute approximate surface area is 134 Å². The Morgan fingerprint density at radius 3 is 2.78 bits per heavy atom. The Balaban J connectivity index is 1.88. The van der Waals surface area contributed by atoms with Crippen molar-refractivity contribution < 1.29 is 4.79 Å². The molecule has 3 aromatic rings. The Bertz CT molecular complexity index is 833. The molecule has 0 bridgehead atoms. The molecule has 2 aromatic heterocycles. The Morgan fingerprint density at radius 1 is 1.22 bits per heavy atom. The number of hydrogen-bond donors (Lipinski definition) is 1. The van der Waals surface area contributed by atoms with Crippen molar-refractivity contribution in [2.75, 3.05) is 19.0 Å². The van der Waals surface area contributed by atoms with Crippen LogP contribution in [0.4, 0.5) is 5.82 Å². The Hall–Kier alpha value is -3.02. The lowest BCUT2D eigenvalue weighted by molar-refractivity contribution is 0.0945. The van der Waals surface area contributed by atoms with Crippen LogP contribution in [-0.2, 0) is 6.54 Å². The summed E-state index contributed by atoms with van der Waals surface area (Å²) < 4.78 is 0. The average Bonchev–Trinajstić information content (AvgIpc) is 2.59. The number of rotatable bonds is 4. The number of carbonyl (C=O) groups excluding carboxylic acids is 1. The van der Waals surface area contributed by atoms with Gasteiger partial charge in [0, 0.05) is 38.4 Å². The minimum absolute atomic E-state index is 0.245. The summed E-state index contributed by atoms with van der Waals surface area (Å²) in [7, 11) is 3.89. The summed E-state index contributed by atoms with van der Waals surface area (Å²) in [4.78, 5) is 26.6. The van der Waals surface area contributed by atoms with Crippen LogP contribution in [0.2, 0.25) is 0 Å². The molecule has 1 amide bonds. The summed E-state index contributed by atoms with van der Waals surface area (Å²) in [5.41, 5.74) is 2.22. The molecule has 0 aliphatic carbocycles. The number of para-hydroxylation sites is 1. The molecule has 0 atom stereocenters. The number of amides is 1. The minimum atomic E-state index is -0.245. The maximum absolute atomic E-state index is 12.1. The number of nitrogens with zero attached hydrogens (tertiary/aromatic N) is 4. The number of carbonyl (C=O) groups is 1. The van der Waals surface area contributed by atoms with Gasteiger partial charge in [-0.15, -0.1) is 0 Å². The van der Waals surface area contributed by atoms with Crippen molar-refractivity contribution in [3.05, 3.63) is 60.2 Å². The van der Waals surface area contributed by atoms with Crippen LogP contribution >= 0.6 is 0 Å². The molecular formula is C17H17N5O. The molecule has 23 heavy (non-hydrogen) atoms. The number of nitrogens with one attached hydrogen (secondary N) is 1. The van der Waals surface area contributed by atoms with E-state index in [0.29, 0.717) is 12.2 Å². The van der Waals surface area contributed by atoms with Crippen molar-refractivity contribution in [2.45, 2.75) is 6.54 Å². The average molecular weight is 307 g/mol. The highest BCUT2D eigenvalue weighted by molar-refractivity contribution is 5.92. The minimum Gasteiger partial charge on any atom is -0.363 e. The first-order valence-electron chi connectivity index (χ1n) is 7.25. The van der Waals surface area contributed by atoms with Gasteiger partial charge in [0.2, 0.25) is 0 Å². The quantitative estimate of drug-likeness (QED) is 0.798. The molecule has 2 heterocycles. The van der Waals surface area contributed by atoms with Gasteiger partial charge in [-0.05, 0) is 17.7 Å². The van der Waals surface area contributed by atoms with Gasteiger partial charge in [0.25, 0.3) is 5.91 Å². The van der Waals surface area contributed by atoms with E-state index in [9.17, 15) is 4.79 Å². The molecule has 0 spiro atoms. The molecule has 116 valence electrons. The predicted molar refractivity (Wildman–Crippen MR) is 89.3 cm³/mol. The first kappa shape index (κ1) is 14.9. The predicted octanol–water partition coefficient (Wildman–Crippen LogP) is 2.02. The third-order valence-electron chi connectivity index (χ3n) is 3.48. The highest BCUT2D eigenvalue weighted by Gasteiger charge is 2.10. The van der Waals surface area contributed by atoms with Gasteiger partial charge < -0.3 is 10.2 Å². The van der Waals surface area contributed by atoms with Crippen molar-refractivity contribution >= 4 is 22.6 Å². The van der Waals surface area contributed by atoms with Crippen LogP contribution < -0.4 is 10.2 Å². The number of benzene rings is 1. The van der Waals surface area contributed by atoms with E-state index < -0.39 is 0 Å². The van der Waals surface area contributed by atoms with Crippen LogP contribution in [0.3, 0.4) is 0 Å². The molecule has 1 N–H and O–H groups in total. The highest BCUT2D eigenvalue weighted by Crippen LogP contribution is 2.22. The van der Waals surface area contributed by atoms with Crippen LogP contribution in [0.1, 0.15) is 16.1 Å². The monoisotopic (exact) mass is 307 g/mol. The van der Waals surface area contributed by atoms with E-state index in [1.165, 1.54) is 18.6 Å². The molecule has 6 heteroatoms. The molecule has 3 rings (SSSR count). The van der Waals surface area contributed by atoms with Gasteiger partial charge in [-0.1, -0.05) is 18.2 Å². The second kappa shape index (κ2) is 6.39. The summed E-state index contributed by atoms with van der Waals surface area (Å²) in [6, 6.07) is 9.88. The van der Waals surface area contributed by atoms with Gasteiger partial charge in [0.05, 0.1) is 11.7 Å². The van der Waals surface area contributed by atoms with E-state index >= 15 is 0 Å². The number of anilines is 1. The summed E-state index contributed by atoms with van der Waals surface area (Å²) in [6.07, 6.45) is 4.49. The third kappa shape index (κ3) is 3.26. The summed E-state index contributed by atoms with van der Waals surface area (Å²) in [6.45, 7) is 0.402. The van der Waals surface area contributed by atoms with Crippen molar-refractivity contribution in [1.82, 2.24) is 20.3 Å². The van der Waals surface area contributed by atoms with E-state index in [4.69, 9.17) is 0 Å². The molecule has 0 fully saturated rings. The fourth-order valence-electron chi connectivity index (χ4n) is 2.29. The van der Waals surface area contributed by atoms with Gasteiger partial charge in [-0.3, -0.25) is 9.78 Å². The third-order valence-corrected chi connectivity index (χ3v) is 3.48. The van der Waals surface area contributed by atoms with E-state index in [-0.39, 0.29) is 5.91 Å². The normalized spacial score (nSPS) is 10.5. The van der Waals surface area contributed by atoms with Crippen LogP contribution in [0.25, 0.3) is 10.9 Å². The number of fused-ring (bicyclic) bond motifs is 1. The zero-order valence-electron chi connectivity index (χ0n) is 13.0. The van der Waals surface area contributed by atoms with Crippen molar-refractivity contribution in [2.24, 2.45) is 0 Å². The molecule has 0 aliphatic heterocycles. The highest BCUT2D eigenvalue weighted by atomic mass is 16.1. The zero-order valence-corrected chi connectivity index (χ0v) is 13.0. The van der Waals surface area contributed by atoms with Crippen molar-refractivity contribution in [1.29, 1.82) is 0 Å². The van der Waals surface area contributed by atoms with Crippen LogP contribution in [0, 0.1) is 0 Å². The molecular weight excluding hydrogens is 290 g/mol. The van der Waals surface area contributed by atoms with Gasteiger partial charge in [0.15, 0.2) is 0 Å². The largest absolute Gasteiger partial charge is 0.363 e. The molecule has 1 aromatic carbocycles. The maximum atomic E-state index is 12.1. The van der Waals surface area contributed by atoms with Crippen LogP contribution in [-0.4, -0.2) is 35.0 Å². The lowest BCUT2D eigenvalue weighted by Crippen LogP contribution is -2.24. The topological polar surface area (TPSA) is 71.0 Å². The second-order valence-electron chi connectivity index (χ2n) is 5.32. The molecule has 6 nitrogen and oxygen atoms in total. The molecule has 0 aliphatic rings. The number of pyridine rings is 1. The second-order valence-corrected chi connectivity index (χ2v) is 5.32. The summed E-state index contributed by atoms with van der Waals surface area (Å²) in [5.74, 6) is 0.609. The van der Waals surface area contributed by atoms with E-state index in [1.54, 1.807) is 0 Å². The number of aromatic nitrogens is 3. The zero-order chi connectivity index (χ0) is 16.2. The summed E-state index contributed by atoms with van der Waals surface area (Å²) >= 11 is 0. The van der Waals surface area contributed by atoms with Gasteiger partial charge in [-0.2, -0.15) is 0 Å². The maximum Gasteiger partial charge on any atom is 0.271 e. The summed E-state index contributed by atoms with van der Waals surface area (Å²) in [5, 5.41) is 3.91. The van der Waals surface area contributed by atoms with Gasteiger partial charge >= 0.3 is 0 Å². The molecule has 0 saturated carbocycles. The first-order valence-corrected chi connectivity index (χ1v) is 7.25. The van der Waals surface area contributed by atoms with Crippen molar-refractivity contribution in [3.8, 4) is 0 Å². The first-order chi connectivity index (χ1) is 11.1. The number of hydrogen-bond acceptors (Lipinski definition) is 5. The van der Waals surface area contributed by atoms with Gasteiger partial charge in [-0.25, -0.2) is 9.97 Å². The van der Waals surface area contributed by atoms with Gasteiger partial charge in [0.1, 0.15) is 11.5 Å². The fraction of sp³-hybridized carbons (Fsp3) is 0.176. The SMILES string of the molecule is CN(C)c1cc(CNC(=O)c2cnccn2)c2ccccc2n1. The van der Waals surface area contributed by atoms with E-state index in [1.807, 2.05) is 49.3 Å². The standard InChI is InChI=1S/C17H17N5O/c1-22(2)16-9-12(13-5-3-4-6-14(13)21-16)10-20-17(23)15-11-18-7-8-19-15/h3-9,11H,10H2,1-2H3,(H,20,23). The Kier molecular flexibility index (Phi) is 4.14. The lowest BCUT2D eigenvalue weighted by Gasteiger charge is -2.15. The smallest absolute Gasteiger partial charge is 0.271 e. The lowest BCUT2D eigenvalue weighted by atomic mass is 10.1. The molecule has 0 radical (unpaired) electrons. The van der Waals surface area contributed by atoms with E-state index in [0.717, 1.165) is 22.3 Å². The van der Waals surface area contributed by atoms with Crippen molar-refractivity contribution in [3.63, 3.8) is 0 Å². The molecule has 0 saturated heterocycles.